The second-order valence-corrected chi connectivity index (χ2v) is 5.47. The molecule has 1 aromatic rings. The van der Waals surface area contributed by atoms with Gasteiger partial charge in [0, 0.05) is 17.7 Å². The van der Waals surface area contributed by atoms with Crippen molar-refractivity contribution in [2.24, 2.45) is 17.6 Å². The van der Waals surface area contributed by atoms with Crippen LogP contribution in [0.4, 0.5) is 0 Å². The van der Waals surface area contributed by atoms with E-state index in [0.717, 1.165) is 19.3 Å². The molecule has 1 heterocycles. The van der Waals surface area contributed by atoms with Gasteiger partial charge in [0.1, 0.15) is 5.75 Å². The highest BCUT2D eigenvalue weighted by Gasteiger charge is 2.32. The molecule has 2 atom stereocenters. The number of rotatable bonds is 5. The first-order valence-corrected chi connectivity index (χ1v) is 6.97. The standard InChI is InChI=1S/C15H22N2O2/c1-10(2)19-13-6-12(8-17-9-13)15(18)14-5-3-4-11(14)7-16/h6,8-11,14H,3-5,7,16H2,1-2H3. The van der Waals surface area contributed by atoms with Crippen molar-refractivity contribution >= 4 is 5.78 Å². The van der Waals surface area contributed by atoms with Crippen LogP contribution in [0.2, 0.25) is 0 Å². The fourth-order valence-corrected chi connectivity index (χ4v) is 2.77. The van der Waals surface area contributed by atoms with E-state index in [1.54, 1.807) is 18.5 Å². The van der Waals surface area contributed by atoms with E-state index in [0.29, 0.717) is 23.8 Å². The minimum absolute atomic E-state index is 0.0566. The zero-order valence-corrected chi connectivity index (χ0v) is 11.6. The first-order valence-electron chi connectivity index (χ1n) is 6.97. The quantitative estimate of drug-likeness (QED) is 0.828. The van der Waals surface area contributed by atoms with Crippen molar-refractivity contribution in [1.29, 1.82) is 0 Å². The van der Waals surface area contributed by atoms with Gasteiger partial charge in [0.15, 0.2) is 5.78 Å². The molecule has 4 heteroatoms. The topological polar surface area (TPSA) is 65.2 Å². The summed E-state index contributed by atoms with van der Waals surface area (Å²) in [5.74, 6) is 1.20. The maximum absolute atomic E-state index is 12.5. The number of carbonyl (C=O) groups excluding carboxylic acids is 1. The van der Waals surface area contributed by atoms with E-state index in [-0.39, 0.29) is 17.8 Å². The first-order chi connectivity index (χ1) is 9.11. The Morgan fingerprint density at radius 3 is 2.95 bits per heavy atom. The molecule has 1 saturated carbocycles. The van der Waals surface area contributed by atoms with E-state index in [9.17, 15) is 4.79 Å². The van der Waals surface area contributed by atoms with Gasteiger partial charge in [-0.2, -0.15) is 0 Å². The Morgan fingerprint density at radius 1 is 1.47 bits per heavy atom. The number of ketones is 1. The summed E-state index contributed by atoms with van der Waals surface area (Å²) in [7, 11) is 0. The van der Waals surface area contributed by atoms with Crippen molar-refractivity contribution in [3.63, 3.8) is 0 Å². The number of pyridine rings is 1. The highest BCUT2D eigenvalue weighted by Crippen LogP contribution is 2.33. The predicted molar refractivity (Wildman–Crippen MR) is 74.2 cm³/mol. The lowest BCUT2D eigenvalue weighted by Crippen LogP contribution is -2.25. The Bertz CT molecular complexity index is 446. The van der Waals surface area contributed by atoms with Crippen LogP contribution in [0.5, 0.6) is 5.75 Å². The molecular formula is C15H22N2O2. The zero-order valence-electron chi connectivity index (χ0n) is 11.6. The highest BCUT2D eigenvalue weighted by atomic mass is 16.5. The summed E-state index contributed by atoms with van der Waals surface area (Å²) in [4.78, 5) is 16.6. The summed E-state index contributed by atoms with van der Waals surface area (Å²) in [6.45, 7) is 4.50. The average molecular weight is 262 g/mol. The molecule has 0 bridgehead atoms. The maximum Gasteiger partial charge on any atom is 0.167 e. The summed E-state index contributed by atoms with van der Waals surface area (Å²) < 4.78 is 5.58. The molecule has 0 saturated heterocycles. The van der Waals surface area contributed by atoms with Gasteiger partial charge in [0.2, 0.25) is 0 Å². The number of nitrogens with zero attached hydrogens (tertiary/aromatic N) is 1. The predicted octanol–water partition coefficient (Wildman–Crippen LogP) is 2.43. The summed E-state index contributed by atoms with van der Waals surface area (Å²) in [6, 6.07) is 1.79. The lowest BCUT2D eigenvalue weighted by Gasteiger charge is -2.17. The number of nitrogens with two attached hydrogens (primary N) is 1. The second-order valence-electron chi connectivity index (χ2n) is 5.47. The van der Waals surface area contributed by atoms with Crippen LogP contribution < -0.4 is 10.5 Å². The lowest BCUT2D eigenvalue weighted by atomic mass is 9.89. The highest BCUT2D eigenvalue weighted by molar-refractivity contribution is 5.98. The molecule has 2 rings (SSSR count). The molecule has 0 radical (unpaired) electrons. The molecule has 1 aromatic heterocycles. The van der Waals surface area contributed by atoms with Crippen LogP contribution in [-0.4, -0.2) is 23.4 Å². The summed E-state index contributed by atoms with van der Waals surface area (Å²) >= 11 is 0. The van der Waals surface area contributed by atoms with Crippen LogP contribution in [0, 0.1) is 11.8 Å². The van der Waals surface area contributed by atoms with E-state index < -0.39 is 0 Å². The van der Waals surface area contributed by atoms with Crippen LogP contribution in [0.15, 0.2) is 18.5 Å². The summed E-state index contributed by atoms with van der Waals surface area (Å²) in [5, 5.41) is 0. The third-order valence-electron chi connectivity index (χ3n) is 3.67. The van der Waals surface area contributed by atoms with Crippen molar-refractivity contribution < 1.29 is 9.53 Å². The minimum Gasteiger partial charge on any atom is -0.489 e. The molecule has 4 nitrogen and oxygen atoms in total. The maximum atomic E-state index is 12.5. The summed E-state index contributed by atoms with van der Waals surface area (Å²) in [5.41, 5.74) is 6.39. The number of ether oxygens (including phenoxy) is 1. The SMILES string of the molecule is CC(C)Oc1cncc(C(=O)C2CCCC2CN)c1. The Labute approximate surface area is 114 Å². The van der Waals surface area contributed by atoms with Gasteiger partial charge in [-0.1, -0.05) is 6.42 Å². The molecule has 0 aromatic carbocycles. The third kappa shape index (κ3) is 3.32. The van der Waals surface area contributed by atoms with Gasteiger partial charge in [-0.05, 0) is 45.2 Å². The Hall–Kier alpha value is -1.42. The van der Waals surface area contributed by atoms with Crippen molar-refractivity contribution in [1.82, 2.24) is 4.98 Å². The Balaban J connectivity index is 2.14. The Morgan fingerprint density at radius 2 is 2.26 bits per heavy atom. The average Bonchev–Trinajstić information content (AvgIpc) is 2.85. The minimum atomic E-state index is 0.0566. The van der Waals surface area contributed by atoms with Crippen molar-refractivity contribution in [3.05, 3.63) is 24.0 Å². The molecule has 1 aliphatic carbocycles. The van der Waals surface area contributed by atoms with Gasteiger partial charge in [-0.15, -0.1) is 0 Å². The van der Waals surface area contributed by atoms with Crippen LogP contribution >= 0.6 is 0 Å². The summed E-state index contributed by atoms with van der Waals surface area (Å²) in [6.07, 6.45) is 6.44. The van der Waals surface area contributed by atoms with E-state index in [2.05, 4.69) is 4.98 Å². The molecule has 0 amide bonds. The molecule has 19 heavy (non-hydrogen) atoms. The molecule has 0 spiro atoms. The molecule has 104 valence electrons. The van der Waals surface area contributed by atoms with Gasteiger partial charge in [0.05, 0.1) is 12.3 Å². The smallest absolute Gasteiger partial charge is 0.167 e. The van der Waals surface area contributed by atoms with Gasteiger partial charge >= 0.3 is 0 Å². The number of hydrogen-bond donors (Lipinski definition) is 1. The molecule has 2 N–H and O–H groups in total. The lowest BCUT2D eigenvalue weighted by molar-refractivity contribution is 0.0892. The number of aromatic nitrogens is 1. The van der Waals surface area contributed by atoms with Crippen LogP contribution in [0.25, 0.3) is 0 Å². The Kier molecular flexibility index (Phi) is 4.53. The van der Waals surface area contributed by atoms with Gasteiger partial charge < -0.3 is 10.5 Å². The number of carbonyl (C=O) groups is 1. The van der Waals surface area contributed by atoms with E-state index in [1.165, 1.54) is 0 Å². The normalized spacial score (nSPS) is 22.7. The number of hydrogen-bond acceptors (Lipinski definition) is 4. The second kappa shape index (κ2) is 6.15. The number of Topliss-reactive ketones (excluding diaryl/α,β-unsaturated/α-hetero) is 1. The fraction of sp³-hybridized carbons (Fsp3) is 0.600. The molecule has 0 aliphatic heterocycles. The van der Waals surface area contributed by atoms with E-state index in [4.69, 9.17) is 10.5 Å². The van der Waals surface area contributed by atoms with E-state index in [1.807, 2.05) is 13.8 Å². The molecule has 2 unspecified atom stereocenters. The molecule has 1 fully saturated rings. The zero-order chi connectivity index (χ0) is 13.8. The van der Waals surface area contributed by atoms with Crippen LogP contribution in [0.3, 0.4) is 0 Å². The molecule has 1 aliphatic rings. The third-order valence-corrected chi connectivity index (χ3v) is 3.67. The van der Waals surface area contributed by atoms with Crippen LogP contribution in [0.1, 0.15) is 43.5 Å². The van der Waals surface area contributed by atoms with Crippen LogP contribution in [-0.2, 0) is 0 Å². The van der Waals surface area contributed by atoms with Gasteiger partial charge in [0.25, 0.3) is 0 Å². The van der Waals surface area contributed by atoms with E-state index >= 15 is 0 Å². The monoisotopic (exact) mass is 262 g/mol. The van der Waals surface area contributed by atoms with Gasteiger partial charge in [-0.25, -0.2) is 0 Å². The van der Waals surface area contributed by atoms with Crippen molar-refractivity contribution in [3.8, 4) is 5.75 Å². The van der Waals surface area contributed by atoms with Crippen molar-refractivity contribution in [2.45, 2.75) is 39.2 Å². The largest absolute Gasteiger partial charge is 0.489 e. The van der Waals surface area contributed by atoms with Gasteiger partial charge in [-0.3, -0.25) is 9.78 Å². The fourth-order valence-electron chi connectivity index (χ4n) is 2.77. The molecular weight excluding hydrogens is 240 g/mol. The van der Waals surface area contributed by atoms with Crippen molar-refractivity contribution in [2.75, 3.05) is 6.54 Å². The first kappa shape index (κ1) is 14.0.